The first kappa shape index (κ1) is 24.2. The summed E-state index contributed by atoms with van der Waals surface area (Å²) < 4.78 is 58.1. The van der Waals surface area contributed by atoms with E-state index in [0.717, 1.165) is 22.3 Å². The van der Waals surface area contributed by atoms with Gasteiger partial charge in [-0.3, -0.25) is 4.79 Å². The largest absolute Gasteiger partial charge is 0.489 e. The molecule has 1 heterocycles. The minimum atomic E-state index is -4.95. The molecule has 1 aromatic heterocycles. The minimum absolute atomic E-state index is 0.0489. The quantitative estimate of drug-likeness (QED) is 0.235. The SMILES string of the molecule is Cc1ccccc1COc1ccc2c(=O)c(Oc3ccc(-c4ccccc4)cc3)c(C(F)(F)F)oc2c1. The molecule has 5 rings (SSSR count). The lowest BCUT2D eigenvalue weighted by Gasteiger charge is -2.14. The lowest BCUT2D eigenvalue weighted by Crippen LogP contribution is -2.15. The molecule has 0 bridgehead atoms. The van der Waals surface area contributed by atoms with E-state index in [1.54, 1.807) is 12.1 Å². The van der Waals surface area contributed by atoms with Gasteiger partial charge in [0, 0.05) is 6.07 Å². The molecule has 0 amide bonds. The molecule has 7 heteroatoms. The van der Waals surface area contributed by atoms with Crippen LogP contribution in [-0.2, 0) is 12.8 Å². The molecule has 0 spiro atoms. The van der Waals surface area contributed by atoms with Crippen molar-refractivity contribution in [3.05, 3.63) is 124 Å². The fourth-order valence-corrected chi connectivity index (χ4v) is 3.92. The average molecular weight is 502 g/mol. The van der Waals surface area contributed by atoms with E-state index >= 15 is 0 Å². The van der Waals surface area contributed by atoms with Gasteiger partial charge in [-0.25, -0.2) is 0 Å². The number of ether oxygens (including phenoxy) is 2. The maximum atomic E-state index is 13.9. The Morgan fingerprint density at radius 1 is 0.784 bits per heavy atom. The Labute approximate surface area is 210 Å². The molecule has 5 aromatic rings. The van der Waals surface area contributed by atoms with Crippen molar-refractivity contribution in [2.75, 3.05) is 0 Å². The van der Waals surface area contributed by atoms with E-state index in [1.165, 1.54) is 30.3 Å². The van der Waals surface area contributed by atoms with E-state index in [-0.39, 0.29) is 29.1 Å². The van der Waals surface area contributed by atoms with Crippen LogP contribution in [0.4, 0.5) is 13.2 Å². The summed E-state index contributed by atoms with van der Waals surface area (Å²) in [6.07, 6.45) is -4.95. The van der Waals surface area contributed by atoms with Crippen molar-refractivity contribution in [2.45, 2.75) is 19.7 Å². The van der Waals surface area contributed by atoms with E-state index < -0.39 is 23.1 Å². The smallest absolute Gasteiger partial charge is 0.453 e. The third-order valence-corrected chi connectivity index (χ3v) is 5.92. The fourth-order valence-electron chi connectivity index (χ4n) is 3.92. The standard InChI is InChI=1S/C30H21F3O4/c1-19-7-5-6-10-22(19)18-35-24-15-16-25-26(17-24)37-29(30(31,32)33)28(27(25)34)36-23-13-11-21(12-14-23)20-8-3-2-4-9-20/h2-17H,18H2,1H3. The van der Waals surface area contributed by atoms with Crippen LogP contribution in [0.5, 0.6) is 17.2 Å². The molecule has 0 saturated carbocycles. The summed E-state index contributed by atoms with van der Waals surface area (Å²) in [5.41, 5.74) is 2.58. The summed E-state index contributed by atoms with van der Waals surface area (Å²) in [6.45, 7) is 2.15. The zero-order valence-corrected chi connectivity index (χ0v) is 19.7. The Bertz CT molecular complexity index is 1610. The first-order valence-electron chi connectivity index (χ1n) is 11.5. The van der Waals surface area contributed by atoms with E-state index in [1.807, 2.05) is 61.5 Å². The Hall–Kier alpha value is -4.52. The van der Waals surface area contributed by atoms with E-state index in [9.17, 15) is 18.0 Å². The maximum absolute atomic E-state index is 13.9. The number of halogens is 3. The highest BCUT2D eigenvalue weighted by atomic mass is 19.4. The molecule has 4 aromatic carbocycles. The molecular weight excluding hydrogens is 481 g/mol. The van der Waals surface area contributed by atoms with E-state index in [4.69, 9.17) is 13.9 Å². The molecular formula is C30H21F3O4. The van der Waals surface area contributed by atoms with Crippen LogP contribution in [0.25, 0.3) is 22.1 Å². The summed E-state index contributed by atoms with van der Waals surface area (Å²) in [5, 5.41) is -0.0489. The predicted octanol–water partition coefficient (Wildman–Crippen LogP) is 8.16. The number of hydrogen-bond acceptors (Lipinski definition) is 4. The van der Waals surface area contributed by atoms with Gasteiger partial charge < -0.3 is 13.9 Å². The van der Waals surface area contributed by atoms with Gasteiger partial charge in [0.05, 0.1) is 5.39 Å². The zero-order valence-electron chi connectivity index (χ0n) is 19.7. The molecule has 0 radical (unpaired) electrons. The van der Waals surface area contributed by atoms with Gasteiger partial charge in [0.25, 0.3) is 5.76 Å². The molecule has 0 aliphatic rings. The molecule has 186 valence electrons. The van der Waals surface area contributed by atoms with Gasteiger partial charge >= 0.3 is 6.18 Å². The average Bonchev–Trinajstić information content (AvgIpc) is 2.90. The van der Waals surface area contributed by atoms with Crippen LogP contribution in [0, 0.1) is 6.92 Å². The number of rotatable bonds is 6. The van der Waals surface area contributed by atoms with Crippen molar-refractivity contribution < 1.29 is 27.1 Å². The van der Waals surface area contributed by atoms with Crippen molar-refractivity contribution in [3.63, 3.8) is 0 Å². The molecule has 37 heavy (non-hydrogen) atoms. The van der Waals surface area contributed by atoms with E-state index in [2.05, 4.69) is 0 Å². The highest BCUT2D eigenvalue weighted by Gasteiger charge is 2.40. The van der Waals surface area contributed by atoms with Crippen molar-refractivity contribution in [1.82, 2.24) is 0 Å². The van der Waals surface area contributed by atoms with Crippen molar-refractivity contribution in [3.8, 4) is 28.4 Å². The molecule has 0 aliphatic carbocycles. The predicted molar refractivity (Wildman–Crippen MR) is 135 cm³/mol. The molecule has 0 saturated heterocycles. The van der Waals surface area contributed by atoms with Gasteiger partial charge in [-0.1, -0.05) is 66.7 Å². The van der Waals surface area contributed by atoms with Gasteiger partial charge in [-0.05, 0) is 53.4 Å². The third-order valence-electron chi connectivity index (χ3n) is 5.92. The second-order valence-electron chi connectivity index (χ2n) is 8.45. The first-order valence-corrected chi connectivity index (χ1v) is 11.5. The first-order chi connectivity index (χ1) is 17.8. The van der Waals surface area contributed by atoms with Crippen LogP contribution >= 0.6 is 0 Å². The Morgan fingerprint density at radius 2 is 1.43 bits per heavy atom. The van der Waals surface area contributed by atoms with Crippen LogP contribution in [0.3, 0.4) is 0 Å². The Balaban J connectivity index is 1.47. The molecule has 0 unspecified atom stereocenters. The zero-order chi connectivity index (χ0) is 26.0. The second kappa shape index (κ2) is 9.85. The minimum Gasteiger partial charge on any atom is -0.489 e. The van der Waals surface area contributed by atoms with Crippen LogP contribution < -0.4 is 14.9 Å². The number of fused-ring (bicyclic) bond motifs is 1. The summed E-state index contributed by atoms with van der Waals surface area (Å²) in [7, 11) is 0. The number of aryl methyl sites for hydroxylation is 1. The number of hydrogen-bond donors (Lipinski definition) is 0. The monoisotopic (exact) mass is 502 g/mol. The highest BCUT2D eigenvalue weighted by molar-refractivity contribution is 5.80. The van der Waals surface area contributed by atoms with Gasteiger partial charge in [0.2, 0.25) is 11.2 Å². The Kier molecular flexibility index (Phi) is 6.44. The lowest BCUT2D eigenvalue weighted by atomic mass is 10.1. The Morgan fingerprint density at radius 3 is 2.14 bits per heavy atom. The molecule has 0 atom stereocenters. The van der Waals surface area contributed by atoms with Gasteiger partial charge in [-0.15, -0.1) is 0 Å². The normalized spacial score (nSPS) is 11.5. The number of benzene rings is 4. The summed E-state index contributed by atoms with van der Waals surface area (Å²) in [5.74, 6) is -2.07. The lowest BCUT2D eigenvalue weighted by molar-refractivity contribution is -0.154. The van der Waals surface area contributed by atoms with Crippen molar-refractivity contribution in [1.29, 1.82) is 0 Å². The van der Waals surface area contributed by atoms with Crippen molar-refractivity contribution >= 4 is 11.0 Å². The van der Waals surface area contributed by atoms with Crippen LogP contribution in [-0.4, -0.2) is 0 Å². The van der Waals surface area contributed by atoms with Gasteiger partial charge in [0.1, 0.15) is 23.7 Å². The summed E-state index contributed by atoms with van der Waals surface area (Å²) in [4.78, 5) is 13.1. The topological polar surface area (TPSA) is 48.7 Å². The number of alkyl halides is 3. The van der Waals surface area contributed by atoms with E-state index in [0.29, 0.717) is 0 Å². The fraction of sp³-hybridized carbons (Fsp3) is 0.100. The molecule has 0 N–H and O–H groups in total. The second-order valence-corrected chi connectivity index (χ2v) is 8.45. The van der Waals surface area contributed by atoms with Gasteiger partial charge in [-0.2, -0.15) is 13.2 Å². The molecule has 0 aliphatic heterocycles. The van der Waals surface area contributed by atoms with Crippen LogP contribution in [0.1, 0.15) is 16.9 Å². The highest BCUT2D eigenvalue weighted by Crippen LogP contribution is 2.39. The van der Waals surface area contributed by atoms with Crippen molar-refractivity contribution in [2.24, 2.45) is 0 Å². The summed E-state index contributed by atoms with van der Waals surface area (Å²) >= 11 is 0. The van der Waals surface area contributed by atoms with Crippen LogP contribution in [0.2, 0.25) is 0 Å². The third kappa shape index (κ3) is 5.21. The van der Waals surface area contributed by atoms with Gasteiger partial charge in [0.15, 0.2) is 0 Å². The maximum Gasteiger partial charge on any atom is 0.453 e. The molecule has 4 nitrogen and oxygen atoms in total. The molecule has 0 fully saturated rings. The summed E-state index contributed by atoms with van der Waals surface area (Å²) in [6, 6.07) is 27.7. The van der Waals surface area contributed by atoms with Crippen LogP contribution in [0.15, 0.2) is 106 Å².